The molecule has 0 aliphatic heterocycles. The number of nitrogens with zero attached hydrogens (tertiary/aromatic N) is 3. The van der Waals surface area contributed by atoms with Gasteiger partial charge in [-0.25, -0.2) is 13.9 Å². The van der Waals surface area contributed by atoms with E-state index in [2.05, 4.69) is 10.3 Å². The highest BCUT2D eigenvalue weighted by molar-refractivity contribution is 5.93. The normalized spacial score (nSPS) is 10.4. The summed E-state index contributed by atoms with van der Waals surface area (Å²) in [6, 6.07) is 5.41. The molecule has 0 spiro atoms. The number of carboxylic acids is 2. The molecule has 0 saturated carbocycles. The third-order valence-corrected chi connectivity index (χ3v) is 2.35. The average Bonchev–Trinajstić information content (AvgIpc) is 2.72. The summed E-state index contributed by atoms with van der Waals surface area (Å²) in [6.45, 7) is -0.607. The van der Waals surface area contributed by atoms with Crippen molar-refractivity contribution in [3.63, 3.8) is 0 Å². The van der Waals surface area contributed by atoms with Crippen LogP contribution < -0.4 is 0 Å². The number of aromatic nitrogens is 3. The molecular weight excluding hydrogens is 257 g/mol. The van der Waals surface area contributed by atoms with Gasteiger partial charge >= 0.3 is 11.9 Å². The van der Waals surface area contributed by atoms with Crippen molar-refractivity contribution in [1.29, 1.82) is 0 Å². The van der Waals surface area contributed by atoms with E-state index in [1.807, 2.05) is 0 Å². The lowest BCUT2D eigenvalue weighted by Gasteiger charge is -2.05. The van der Waals surface area contributed by atoms with Crippen LogP contribution in [0.15, 0.2) is 24.3 Å². The second-order valence-electron chi connectivity index (χ2n) is 3.62. The standard InChI is InChI=1S/C11H8FN3O4/c12-7-4-2-1-3-6(7)10-9(11(18)19)13-14-15(10)5-8(16)17/h1-4H,5H2,(H,16,17)(H,18,19). The number of benzene rings is 1. The molecule has 0 saturated heterocycles. The van der Waals surface area contributed by atoms with Gasteiger partial charge in [0.25, 0.3) is 0 Å². The van der Waals surface area contributed by atoms with E-state index < -0.39 is 30.0 Å². The first-order valence-corrected chi connectivity index (χ1v) is 5.14. The summed E-state index contributed by atoms with van der Waals surface area (Å²) in [5.41, 5.74) is -0.731. The number of hydrogen-bond acceptors (Lipinski definition) is 4. The summed E-state index contributed by atoms with van der Waals surface area (Å²) in [7, 11) is 0. The van der Waals surface area contributed by atoms with E-state index in [0.717, 1.165) is 10.7 Å². The average molecular weight is 265 g/mol. The Hall–Kier alpha value is -2.77. The second kappa shape index (κ2) is 4.84. The molecule has 0 radical (unpaired) electrons. The quantitative estimate of drug-likeness (QED) is 0.849. The van der Waals surface area contributed by atoms with Gasteiger partial charge in [-0.2, -0.15) is 0 Å². The number of aromatic carboxylic acids is 1. The Morgan fingerprint density at radius 3 is 2.53 bits per heavy atom. The fourth-order valence-corrected chi connectivity index (χ4v) is 1.62. The second-order valence-corrected chi connectivity index (χ2v) is 3.62. The van der Waals surface area contributed by atoms with Crippen molar-refractivity contribution in [3.8, 4) is 11.3 Å². The van der Waals surface area contributed by atoms with Crippen LogP contribution in [0.4, 0.5) is 4.39 Å². The van der Waals surface area contributed by atoms with E-state index in [9.17, 15) is 14.0 Å². The Balaban J connectivity index is 2.65. The first-order chi connectivity index (χ1) is 9.00. The van der Waals surface area contributed by atoms with Gasteiger partial charge < -0.3 is 10.2 Å². The molecule has 0 aliphatic rings. The van der Waals surface area contributed by atoms with Crippen LogP contribution in [-0.4, -0.2) is 37.1 Å². The van der Waals surface area contributed by atoms with E-state index in [-0.39, 0.29) is 11.3 Å². The van der Waals surface area contributed by atoms with Crippen LogP contribution in [0.25, 0.3) is 11.3 Å². The molecule has 0 fully saturated rings. The monoisotopic (exact) mass is 265 g/mol. The zero-order valence-corrected chi connectivity index (χ0v) is 9.45. The molecule has 1 aromatic heterocycles. The summed E-state index contributed by atoms with van der Waals surface area (Å²) in [5.74, 6) is -3.33. The molecule has 0 aliphatic carbocycles. The predicted molar refractivity (Wildman–Crippen MR) is 60.0 cm³/mol. The van der Waals surface area contributed by atoms with Crippen molar-refractivity contribution in [2.45, 2.75) is 6.54 Å². The van der Waals surface area contributed by atoms with E-state index in [4.69, 9.17) is 10.2 Å². The molecule has 2 aromatic rings. The zero-order valence-electron chi connectivity index (χ0n) is 9.45. The summed E-state index contributed by atoms with van der Waals surface area (Å²) in [6.07, 6.45) is 0. The van der Waals surface area contributed by atoms with E-state index >= 15 is 0 Å². The van der Waals surface area contributed by atoms with Gasteiger partial charge in [0.05, 0.1) is 0 Å². The predicted octanol–water partition coefficient (Wildman–Crippen LogP) is 0.867. The van der Waals surface area contributed by atoms with Gasteiger partial charge in [-0.05, 0) is 12.1 Å². The highest BCUT2D eigenvalue weighted by atomic mass is 19.1. The van der Waals surface area contributed by atoms with Crippen LogP contribution >= 0.6 is 0 Å². The van der Waals surface area contributed by atoms with Gasteiger partial charge in [0, 0.05) is 5.56 Å². The van der Waals surface area contributed by atoms with Crippen LogP contribution in [0.3, 0.4) is 0 Å². The molecule has 19 heavy (non-hydrogen) atoms. The van der Waals surface area contributed by atoms with Crippen LogP contribution in [0.2, 0.25) is 0 Å². The maximum atomic E-state index is 13.7. The van der Waals surface area contributed by atoms with Crippen LogP contribution in [-0.2, 0) is 11.3 Å². The Morgan fingerprint density at radius 2 is 1.95 bits per heavy atom. The Morgan fingerprint density at radius 1 is 1.26 bits per heavy atom. The minimum Gasteiger partial charge on any atom is -0.480 e. The molecule has 7 nitrogen and oxygen atoms in total. The lowest BCUT2D eigenvalue weighted by Crippen LogP contribution is -2.12. The lowest BCUT2D eigenvalue weighted by atomic mass is 10.1. The Bertz CT molecular complexity index is 653. The number of rotatable bonds is 4. The molecular formula is C11H8FN3O4. The maximum absolute atomic E-state index is 13.7. The van der Waals surface area contributed by atoms with Gasteiger partial charge in [-0.15, -0.1) is 5.10 Å². The van der Waals surface area contributed by atoms with Crippen molar-refractivity contribution < 1.29 is 24.2 Å². The Kier molecular flexibility index (Phi) is 3.23. The minimum atomic E-state index is -1.41. The molecule has 8 heteroatoms. The van der Waals surface area contributed by atoms with E-state index in [1.165, 1.54) is 18.2 Å². The molecule has 98 valence electrons. The molecule has 0 amide bonds. The van der Waals surface area contributed by atoms with Crippen molar-refractivity contribution in [2.75, 3.05) is 0 Å². The molecule has 1 aromatic carbocycles. The number of carboxylic acid groups (broad SMARTS) is 2. The van der Waals surface area contributed by atoms with Gasteiger partial charge in [0.2, 0.25) is 0 Å². The summed E-state index contributed by atoms with van der Waals surface area (Å²) < 4.78 is 14.5. The van der Waals surface area contributed by atoms with Crippen molar-refractivity contribution in [1.82, 2.24) is 15.0 Å². The molecule has 2 N–H and O–H groups in total. The van der Waals surface area contributed by atoms with Gasteiger partial charge in [0.1, 0.15) is 18.1 Å². The van der Waals surface area contributed by atoms with Crippen molar-refractivity contribution in [3.05, 3.63) is 35.8 Å². The maximum Gasteiger partial charge on any atom is 0.358 e. The Labute approximate surface area is 105 Å². The number of carbonyl (C=O) groups is 2. The smallest absolute Gasteiger partial charge is 0.358 e. The lowest BCUT2D eigenvalue weighted by molar-refractivity contribution is -0.137. The number of halogens is 1. The van der Waals surface area contributed by atoms with Gasteiger partial charge in [-0.3, -0.25) is 4.79 Å². The first kappa shape index (κ1) is 12.7. The molecule has 0 atom stereocenters. The molecule has 2 rings (SSSR count). The molecule has 0 unspecified atom stereocenters. The number of aliphatic carboxylic acids is 1. The van der Waals surface area contributed by atoms with E-state index in [1.54, 1.807) is 0 Å². The highest BCUT2D eigenvalue weighted by Crippen LogP contribution is 2.25. The molecule has 1 heterocycles. The van der Waals surface area contributed by atoms with Crippen molar-refractivity contribution >= 4 is 11.9 Å². The largest absolute Gasteiger partial charge is 0.480 e. The minimum absolute atomic E-state index is 0.0637. The van der Waals surface area contributed by atoms with Crippen LogP contribution in [0.5, 0.6) is 0 Å². The SMILES string of the molecule is O=C(O)Cn1nnc(C(=O)O)c1-c1ccccc1F. The summed E-state index contributed by atoms with van der Waals surface area (Å²) >= 11 is 0. The van der Waals surface area contributed by atoms with Crippen LogP contribution in [0, 0.1) is 5.82 Å². The fraction of sp³-hybridized carbons (Fsp3) is 0.0909. The first-order valence-electron chi connectivity index (χ1n) is 5.14. The number of hydrogen-bond donors (Lipinski definition) is 2. The summed E-state index contributed by atoms with van der Waals surface area (Å²) in [5, 5.41) is 24.5. The van der Waals surface area contributed by atoms with E-state index in [0.29, 0.717) is 0 Å². The van der Waals surface area contributed by atoms with Crippen LogP contribution in [0.1, 0.15) is 10.5 Å². The third kappa shape index (κ3) is 2.41. The third-order valence-electron chi connectivity index (χ3n) is 2.35. The zero-order chi connectivity index (χ0) is 14.0. The topological polar surface area (TPSA) is 105 Å². The molecule has 0 bridgehead atoms. The van der Waals surface area contributed by atoms with Gasteiger partial charge in [0.15, 0.2) is 5.69 Å². The van der Waals surface area contributed by atoms with Gasteiger partial charge in [-0.1, -0.05) is 17.3 Å². The highest BCUT2D eigenvalue weighted by Gasteiger charge is 2.23. The fourth-order valence-electron chi connectivity index (χ4n) is 1.62. The summed E-state index contributed by atoms with van der Waals surface area (Å²) in [4.78, 5) is 21.7. The van der Waals surface area contributed by atoms with Crippen molar-refractivity contribution in [2.24, 2.45) is 0 Å².